The van der Waals surface area contributed by atoms with Crippen LogP contribution in [0, 0.1) is 5.82 Å². The van der Waals surface area contributed by atoms with E-state index in [0.29, 0.717) is 18.5 Å². The van der Waals surface area contributed by atoms with Gasteiger partial charge in [0.25, 0.3) is 0 Å². The van der Waals surface area contributed by atoms with Crippen LogP contribution in [0.3, 0.4) is 0 Å². The Kier molecular flexibility index (Phi) is 8.54. The smallest absolute Gasteiger partial charge is 0.247 e. The molecule has 0 saturated carbocycles. The Balaban J connectivity index is 1.62. The zero-order valence-electron chi connectivity index (χ0n) is 19.9. The number of pyridine rings is 1. The number of nitrogens with zero attached hydrogens (tertiary/aromatic N) is 2. The number of halogens is 1. The topological polar surface area (TPSA) is 62.3 Å². The van der Waals surface area contributed by atoms with Gasteiger partial charge in [-0.25, -0.2) is 4.39 Å². The molecular formula is C30H28FN3O2. The first-order valence-corrected chi connectivity index (χ1v) is 11.9. The number of benzene rings is 3. The number of carbonyl (C=O) groups is 2. The van der Waals surface area contributed by atoms with E-state index >= 15 is 0 Å². The molecular weight excluding hydrogens is 453 g/mol. The van der Waals surface area contributed by atoms with E-state index in [1.54, 1.807) is 29.4 Å². The molecule has 1 aromatic heterocycles. The zero-order valence-corrected chi connectivity index (χ0v) is 19.9. The van der Waals surface area contributed by atoms with Gasteiger partial charge < -0.3 is 10.2 Å². The van der Waals surface area contributed by atoms with Crippen molar-refractivity contribution in [2.24, 2.45) is 0 Å². The lowest BCUT2D eigenvalue weighted by molar-refractivity contribution is -0.141. The molecule has 0 aliphatic heterocycles. The molecule has 6 heteroatoms. The Morgan fingerprint density at radius 2 is 1.42 bits per heavy atom. The number of rotatable bonds is 10. The summed E-state index contributed by atoms with van der Waals surface area (Å²) in [4.78, 5) is 32.8. The molecule has 36 heavy (non-hydrogen) atoms. The molecule has 0 fully saturated rings. The molecule has 1 N–H and O–H groups in total. The van der Waals surface area contributed by atoms with Gasteiger partial charge in [0, 0.05) is 31.9 Å². The predicted molar refractivity (Wildman–Crippen MR) is 137 cm³/mol. The van der Waals surface area contributed by atoms with Gasteiger partial charge in [-0.2, -0.15) is 0 Å². The van der Waals surface area contributed by atoms with Crippen LogP contribution in [0.4, 0.5) is 4.39 Å². The summed E-state index contributed by atoms with van der Waals surface area (Å²) in [6, 6.07) is 27.9. The van der Waals surface area contributed by atoms with Gasteiger partial charge in [-0.15, -0.1) is 0 Å². The van der Waals surface area contributed by atoms with Crippen LogP contribution in [0.25, 0.3) is 0 Å². The van der Waals surface area contributed by atoms with Crippen LogP contribution in [-0.2, 0) is 29.1 Å². The number of amides is 2. The van der Waals surface area contributed by atoms with Gasteiger partial charge in [0.2, 0.25) is 11.8 Å². The first kappa shape index (κ1) is 24.8. The van der Waals surface area contributed by atoms with E-state index in [9.17, 15) is 14.0 Å². The van der Waals surface area contributed by atoms with Crippen molar-refractivity contribution in [3.05, 3.63) is 138 Å². The van der Waals surface area contributed by atoms with Gasteiger partial charge in [0.15, 0.2) is 0 Å². The van der Waals surface area contributed by atoms with Gasteiger partial charge in [0.1, 0.15) is 11.9 Å². The Bertz CT molecular complexity index is 1250. The Labute approximate surface area is 210 Å². The number of nitrogens with one attached hydrogen (secondary N) is 1. The SMILES string of the molecule is O=C(NCc1ccncc1)C(c1ccccc1)N(Cc1ccc(F)cc1)C(=O)CCc1ccccc1. The average Bonchev–Trinajstić information content (AvgIpc) is 2.93. The molecule has 4 aromatic rings. The second kappa shape index (κ2) is 12.4. The van der Waals surface area contributed by atoms with Crippen molar-refractivity contribution >= 4 is 11.8 Å². The summed E-state index contributed by atoms with van der Waals surface area (Å²) >= 11 is 0. The summed E-state index contributed by atoms with van der Waals surface area (Å²) < 4.78 is 13.6. The van der Waals surface area contributed by atoms with Gasteiger partial charge in [-0.05, 0) is 52.9 Å². The lowest BCUT2D eigenvalue weighted by Crippen LogP contribution is -2.43. The Morgan fingerprint density at radius 1 is 0.778 bits per heavy atom. The molecule has 0 aliphatic rings. The molecule has 0 aliphatic carbocycles. The molecule has 0 spiro atoms. The fraction of sp³-hybridized carbons (Fsp3) is 0.167. The van der Waals surface area contributed by atoms with Crippen LogP contribution in [0.1, 0.15) is 34.7 Å². The Morgan fingerprint density at radius 3 is 2.08 bits per heavy atom. The van der Waals surface area contributed by atoms with Crippen LogP contribution < -0.4 is 5.32 Å². The minimum Gasteiger partial charge on any atom is -0.350 e. The van der Waals surface area contributed by atoms with Crippen molar-refractivity contribution in [3.8, 4) is 0 Å². The molecule has 4 rings (SSSR count). The van der Waals surface area contributed by atoms with Crippen molar-refractivity contribution in [1.82, 2.24) is 15.2 Å². The fourth-order valence-electron chi connectivity index (χ4n) is 4.04. The molecule has 5 nitrogen and oxygen atoms in total. The summed E-state index contributed by atoms with van der Waals surface area (Å²) in [6.45, 7) is 0.490. The summed E-state index contributed by atoms with van der Waals surface area (Å²) in [7, 11) is 0. The van der Waals surface area contributed by atoms with E-state index in [0.717, 1.165) is 16.7 Å². The molecule has 0 saturated heterocycles. The quantitative estimate of drug-likeness (QED) is 0.337. The van der Waals surface area contributed by atoms with Crippen LogP contribution in [-0.4, -0.2) is 21.7 Å². The fourth-order valence-corrected chi connectivity index (χ4v) is 4.04. The van der Waals surface area contributed by atoms with Crippen molar-refractivity contribution in [2.75, 3.05) is 0 Å². The first-order valence-electron chi connectivity index (χ1n) is 11.9. The van der Waals surface area contributed by atoms with Gasteiger partial charge in [-0.1, -0.05) is 72.8 Å². The minimum atomic E-state index is -0.846. The maximum absolute atomic E-state index is 13.6. The third-order valence-electron chi connectivity index (χ3n) is 5.95. The average molecular weight is 482 g/mol. The van der Waals surface area contributed by atoms with Crippen LogP contribution >= 0.6 is 0 Å². The zero-order chi connectivity index (χ0) is 25.2. The lowest BCUT2D eigenvalue weighted by atomic mass is 10.0. The highest BCUT2D eigenvalue weighted by Crippen LogP contribution is 2.25. The summed E-state index contributed by atoms with van der Waals surface area (Å²) in [6.07, 6.45) is 4.14. The molecule has 1 unspecified atom stereocenters. The summed E-state index contributed by atoms with van der Waals surface area (Å²) in [5, 5.41) is 2.98. The molecule has 0 bridgehead atoms. The van der Waals surface area contributed by atoms with Crippen LogP contribution in [0.5, 0.6) is 0 Å². The first-order chi connectivity index (χ1) is 17.6. The molecule has 182 valence electrons. The minimum absolute atomic E-state index is 0.156. The molecule has 1 atom stereocenters. The van der Waals surface area contributed by atoms with Crippen molar-refractivity contribution in [1.29, 1.82) is 0 Å². The monoisotopic (exact) mass is 481 g/mol. The maximum Gasteiger partial charge on any atom is 0.247 e. The second-order valence-corrected chi connectivity index (χ2v) is 8.52. The largest absolute Gasteiger partial charge is 0.350 e. The third-order valence-corrected chi connectivity index (χ3v) is 5.95. The number of carbonyl (C=O) groups excluding carboxylic acids is 2. The Hall–Kier alpha value is -4.32. The van der Waals surface area contributed by atoms with E-state index in [2.05, 4.69) is 10.3 Å². The van der Waals surface area contributed by atoms with Gasteiger partial charge >= 0.3 is 0 Å². The molecule has 2 amide bonds. The highest BCUT2D eigenvalue weighted by Gasteiger charge is 2.31. The second-order valence-electron chi connectivity index (χ2n) is 8.52. The van der Waals surface area contributed by atoms with Crippen molar-refractivity contribution in [3.63, 3.8) is 0 Å². The third kappa shape index (κ3) is 6.85. The molecule has 0 radical (unpaired) electrons. The number of hydrogen-bond donors (Lipinski definition) is 1. The van der Waals surface area contributed by atoms with Gasteiger partial charge in [0.05, 0.1) is 0 Å². The van der Waals surface area contributed by atoms with E-state index in [1.165, 1.54) is 12.1 Å². The van der Waals surface area contributed by atoms with Crippen LogP contribution in [0.2, 0.25) is 0 Å². The number of aryl methyl sites for hydroxylation is 1. The van der Waals surface area contributed by atoms with Crippen molar-refractivity contribution in [2.45, 2.75) is 32.0 Å². The van der Waals surface area contributed by atoms with E-state index in [4.69, 9.17) is 0 Å². The van der Waals surface area contributed by atoms with Crippen LogP contribution in [0.15, 0.2) is 109 Å². The number of hydrogen-bond acceptors (Lipinski definition) is 3. The summed E-state index contributed by atoms with van der Waals surface area (Å²) in [5.74, 6) is -0.792. The highest BCUT2D eigenvalue weighted by atomic mass is 19.1. The number of aromatic nitrogens is 1. The highest BCUT2D eigenvalue weighted by molar-refractivity contribution is 5.88. The standard InChI is InChI=1S/C30H28FN3O2/c31-27-14-11-25(12-15-27)22-34(28(35)16-13-23-7-3-1-4-8-23)29(26-9-5-2-6-10-26)30(36)33-21-24-17-19-32-20-18-24/h1-12,14-15,17-20,29H,13,16,21-22H2,(H,33,36). The maximum atomic E-state index is 13.6. The molecule has 1 heterocycles. The van der Waals surface area contributed by atoms with Gasteiger partial charge in [-0.3, -0.25) is 14.6 Å². The molecule has 3 aromatic carbocycles. The normalized spacial score (nSPS) is 11.5. The van der Waals surface area contributed by atoms with Crippen molar-refractivity contribution < 1.29 is 14.0 Å². The summed E-state index contributed by atoms with van der Waals surface area (Å²) in [5.41, 5.74) is 3.41. The van der Waals surface area contributed by atoms with E-state index < -0.39 is 6.04 Å². The lowest BCUT2D eigenvalue weighted by Gasteiger charge is -2.32. The predicted octanol–water partition coefficient (Wildman–Crippen LogP) is 5.24. The van der Waals surface area contributed by atoms with E-state index in [-0.39, 0.29) is 30.6 Å². The van der Waals surface area contributed by atoms with E-state index in [1.807, 2.05) is 72.8 Å².